The van der Waals surface area contributed by atoms with Gasteiger partial charge in [-0.15, -0.1) is 0 Å². The van der Waals surface area contributed by atoms with Gasteiger partial charge < -0.3 is 9.47 Å². The lowest BCUT2D eigenvalue weighted by Gasteiger charge is -2.13. The number of nitrogens with one attached hydrogen (secondary N) is 1. The first-order valence-corrected chi connectivity index (χ1v) is 9.16. The van der Waals surface area contributed by atoms with Gasteiger partial charge in [0.15, 0.2) is 0 Å². The zero-order valence-corrected chi connectivity index (χ0v) is 15.2. The number of hydrogen-bond acceptors (Lipinski definition) is 4. The highest BCUT2D eigenvalue weighted by Gasteiger charge is 2.19. The summed E-state index contributed by atoms with van der Waals surface area (Å²) in [5.74, 6) is 1.09. The van der Waals surface area contributed by atoms with E-state index in [4.69, 9.17) is 9.47 Å². The highest BCUT2D eigenvalue weighted by atomic mass is 32.2. The normalized spacial score (nSPS) is 11.3. The van der Waals surface area contributed by atoms with Crippen molar-refractivity contribution in [3.05, 3.63) is 53.1 Å². The van der Waals surface area contributed by atoms with E-state index in [2.05, 4.69) is 4.72 Å². The summed E-state index contributed by atoms with van der Waals surface area (Å²) in [6.45, 7) is 6.20. The number of benzene rings is 2. The zero-order chi connectivity index (χ0) is 17.7. The van der Waals surface area contributed by atoms with E-state index in [1.54, 1.807) is 12.1 Å². The van der Waals surface area contributed by atoms with E-state index in [0.29, 0.717) is 5.75 Å². The SMILES string of the molecule is COc1ccc(C)cc1S(=O)(=O)NCCOc1cc(C)ccc1C. The molecular weight excluding hydrogens is 326 g/mol. The largest absolute Gasteiger partial charge is 0.495 e. The molecule has 0 spiro atoms. The third-order valence-electron chi connectivity index (χ3n) is 3.60. The number of hydrogen-bond donors (Lipinski definition) is 1. The standard InChI is InChI=1S/C18H23NO4S/c1-13-5-7-15(3)17(11-13)23-10-9-19-24(20,21)18-12-14(2)6-8-16(18)22-4/h5-8,11-12,19H,9-10H2,1-4H3. The number of ether oxygens (including phenoxy) is 2. The first kappa shape index (κ1) is 18.3. The molecule has 1 N–H and O–H groups in total. The molecule has 5 nitrogen and oxygen atoms in total. The molecule has 0 bridgehead atoms. The van der Waals surface area contributed by atoms with E-state index >= 15 is 0 Å². The van der Waals surface area contributed by atoms with Crippen LogP contribution in [0.2, 0.25) is 0 Å². The van der Waals surface area contributed by atoms with Gasteiger partial charge in [0.2, 0.25) is 10.0 Å². The highest BCUT2D eigenvalue weighted by Crippen LogP contribution is 2.24. The fourth-order valence-electron chi connectivity index (χ4n) is 2.27. The van der Waals surface area contributed by atoms with Gasteiger partial charge in [-0.05, 0) is 55.7 Å². The van der Waals surface area contributed by atoms with E-state index in [1.807, 2.05) is 45.0 Å². The first-order valence-electron chi connectivity index (χ1n) is 7.68. The predicted molar refractivity (Wildman–Crippen MR) is 94.3 cm³/mol. The molecule has 2 rings (SSSR count). The van der Waals surface area contributed by atoms with Crippen molar-refractivity contribution < 1.29 is 17.9 Å². The average molecular weight is 349 g/mol. The molecule has 0 saturated heterocycles. The molecule has 0 aromatic heterocycles. The topological polar surface area (TPSA) is 64.6 Å². The van der Waals surface area contributed by atoms with Gasteiger partial charge in [-0.2, -0.15) is 0 Å². The smallest absolute Gasteiger partial charge is 0.244 e. The van der Waals surface area contributed by atoms with Crippen LogP contribution in [-0.2, 0) is 10.0 Å². The van der Waals surface area contributed by atoms with E-state index in [0.717, 1.165) is 22.4 Å². The van der Waals surface area contributed by atoms with Crippen LogP contribution in [0, 0.1) is 20.8 Å². The second-order valence-corrected chi connectivity index (χ2v) is 7.40. The Morgan fingerprint density at radius 3 is 2.33 bits per heavy atom. The van der Waals surface area contributed by atoms with Crippen LogP contribution in [0.1, 0.15) is 16.7 Å². The molecule has 0 aliphatic heterocycles. The Hall–Kier alpha value is -2.05. The minimum Gasteiger partial charge on any atom is -0.495 e. The van der Waals surface area contributed by atoms with Gasteiger partial charge in [0.05, 0.1) is 7.11 Å². The zero-order valence-electron chi connectivity index (χ0n) is 14.4. The van der Waals surface area contributed by atoms with E-state index in [1.165, 1.54) is 7.11 Å². The second-order valence-electron chi connectivity index (χ2n) is 5.67. The molecule has 2 aromatic carbocycles. The Labute approximate surface area is 143 Å². The lowest BCUT2D eigenvalue weighted by molar-refractivity contribution is 0.320. The maximum Gasteiger partial charge on any atom is 0.244 e. The molecule has 0 amide bonds. The Morgan fingerprint density at radius 1 is 0.958 bits per heavy atom. The van der Waals surface area contributed by atoms with Crippen molar-refractivity contribution >= 4 is 10.0 Å². The molecule has 0 aliphatic rings. The first-order chi connectivity index (χ1) is 11.3. The fourth-order valence-corrected chi connectivity index (χ4v) is 3.54. The van der Waals surface area contributed by atoms with Crippen LogP contribution in [0.25, 0.3) is 0 Å². The van der Waals surface area contributed by atoms with Crippen LogP contribution in [-0.4, -0.2) is 28.7 Å². The molecule has 2 aromatic rings. The fraction of sp³-hybridized carbons (Fsp3) is 0.333. The van der Waals surface area contributed by atoms with Gasteiger partial charge in [-0.1, -0.05) is 18.2 Å². The Bertz CT molecular complexity index is 816. The Morgan fingerprint density at radius 2 is 1.62 bits per heavy atom. The summed E-state index contributed by atoms with van der Waals surface area (Å²) in [5.41, 5.74) is 2.97. The number of methoxy groups -OCH3 is 1. The molecule has 24 heavy (non-hydrogen) atoms. The summed E-state index contributed by atoms with van der Waals surface area (Å²) < 4.78 is 38.3. The van der Waals surface area contributed by atoms with Crippen LogP contribution >= 0.6 is 0 Å². The second kappa shape index (κ2) is 7.68. The van der Waals surface area contributed by atoms with Crippen molar-refractivity contribution in [2.24, 2.45) is 0 Å². The summed E-state index contributed by atoms with van der Waals surface area (Å²) in [6.07, 6.45) is 0. The van der Waals surface area contributed by atoms with Gasteiger partial charge >= 0.3 is 0 Å². The molecule has 0 unspecified atom stereocenters. The molecule has 0 atom stereocenters. The van der Waals surface area contributed by atoms with Gasteiger partial charge in [-0.25, -0.2) is 13.1 Å². The summed E-state index contributed by atoms with van der Waals surface area (Å²) in [6, 6.07) is 11.0. The molecule has 0 fully saturated rings. The van der Waals surface area contributed by atoms with Gasteiger partial charge in [0, 0.05) is 6.54 Å². The van der Waals surface area contributed by atoms with Crippen LogP contribution in [0.4, 0.5) is 0 Å². The monoisotopic (exact) mass is 349 g/mol. The Kier molecular flexibility index (Phi) is 5.85. The molecular formula is C18H23NO4S. The van der Waals surface area contributed by atoms with Crippen molar-refractivity contribution in [1.82, 2.24) is 4.72 Å². The van der Waals surface area contributed by atoms with Crippen molar-refractivity contribution in [2.75, 3.05) is 20.3 Å². The molecule has 0 aliphatic carbocycles. The molecule has 6 heteroatoms. The van der Waals surface area contributed by atoms with E-state index in [9.17, 15) is 8.42 Å². The van der Waals surface area contributed by atoms with Crippen LogP contribution < -0.4 is 14.2 Å². The van der Waals surface area contributed by atoms with Gasteiger partial charge in [0.1, 0.15) is 23.0 Å². The predicted octanol–water partition coefficient (Wildman–Crippen LogP) is 2.98. The van der Waals surface area contributed by atoms with E-state index in [-0.39, 0.29) is 18.0 Å². The number of sulfonamides is 1. The lowest BCUT2D eigenvalue weighted by atomic mass is 10.1. The maximum atomic E-state index is 12.4. The Balaban J connectivity index is 2.01. The third-order valence-corrected chi connectivity index (χ3v) is 5.09. The quantitative estimate of drug-likeness (QED) is 0.781. The summed E-state index contributed by atoms with van der Waals surface area (Å²) in [4.78, 5) is 0.136. The maximum absolute atomic E-state index is 12.4. The molecule has 0 saturated carbocycles. The number of rotatable bonds is 7. The van der Waals surface area contributed by atoms with E-state index < -0.39 is 10.0 Å². The molecule has 130 valence electrons. The summed E-state index contributed by atoms with van der Waals surface area (Å²) in [7, 11) is -2.20. The average Bonchev–Trinajstić information content (AvgIpc) is 2.54. The third kappa shape index (κ3) is 4.49. The number of aryl methyl sites for hydroxylation is 3. The summed E-state index contributed by atoms with van der Waals surface area (Å²) >= 11 is 0. The molecule has 0 heterocycles. The van der Waals surface area contributed by atoms with Gasteiger partial charge in [-0.3, -0.25) is 0 Å². The minimum atomic E-state index is -3.65. The van der Waals surface area contributed by atoms with Crippen LogP contribution in [0.3, 0.4) is 0 Å². The van der Waals surface area contributed by atoms with Crippen LogP contribution in [0.15, 0.2) is 41.3 Å². The van der Waals surface area contributed by atoms with Crippen LogP contribution in [0.5, 0.6) is 11.5 Å². The van der Waals surface area contributed by atoms with Crippen molar-refractivity contribution in [1.29, 1.82) is 0 Å². The minimum absolute atomic E-state index is 0.136. The van der Waals surface area contributed by atoms with Crippen molar-refractivity contribution in [2.45, 2.75) is 25.7 Å². The molecule has 0 radical (unpaired) electrons. The highest BCUT2D eigenvalue weighted by molar-refractivity contribution is 7.89. The summed E-state index contributed by atoms with van der Waals surface area (Å²) in [5, 5.41) is 0. The van der Waals surface area contributed by atoms with Crippen molar-refractivity contribution in [3.63, 3.8) is 0 Å². The lowest BCUT2D eigenvalue weighted by Crippen LogP contribution is -2.28. The van der Waals surface area contributed by atoms with Crippen molar-refractivity contribution in [3.8, 4) is 11.5 Å². The van der Waals surface area contributed by atoms with Gasteiger partial charge in [0.25, 0.3) is 0 Å².